The highest BCUT2D eigenvalue weighted by molar-refractivity contribution is 5.69. The van der Waals surface area contributed by atoms with E-state index in [2.05, 4.69) is 0 Å². The maximum atomic E-state index is 11.2. The molecule has 0 spiro atoms. The second kappa shape index (κ2) is 3.57. The van der Waals surface area contributed by atoms with Crippen LogP contribution >= 0.6 is 0 Å². The summed E-state index contributed by atoms with van der Waals surface area (Å²) < 4.78 is 4.82. The molecule has 4 heteroatoms. The number of nitrogen functional groups attached to an aromatic ring is 1. The number of cyclic esters (lactones) is 1. The van der Waals surface area contributed by atoms with Crippen LogP contribution in [0.15, 0.2) is 24.3 Å². The van der Waals surface area contributed by atoms with Crippen molar-refractivity contribution in [1.82, 2.24) is 4.90 Å². The van der Waals surface area contributed by atoms with Crippen LogP contribution < -0.4 is 5.73 Å². The zero-order chi connectivity index (χ0) is 9.97. The van der Waals surface area contributed by atoms with Crippen molar-refractivity contribution in [2.24, 2.45) is 0 Å². The van der Waals surface area contributed by atoms with Crippen molar-refractivity contribution in [3.63, 3.8) is 0 Å². The van der Waals surface area contributed by atoms with Gasteiger partial charge < -0.3 is 15.4 Å². The minimum absolute atomic E-state index is 0.256. The van der Waals surface area contributed by atoms with Gasteiger partial charge in [-0.1, -0.05) is 18.2 Å². The number of hydrogen-bond donors (Lipinski definition) is 1. The van der Waals surface area contributed by atoms with E-state index in [0.717, 1.165) is 5.56 Å². The van der Waals surface area contributed by atoms with E-state index in [4.69, 9.17) is 10.5 Å². The second-order valence-corrected chi connectivity index (χ2v) is 3.23. The molecule has 2 rings (SSSR count). The number of nitrogens with two attached hydrogens (primary N) is 1. The first-order chi connectivity index (χ1) is 6.77. The Labute approximate surface area is 82.3 Å². The first-order valence-electron chi connectivity index (χ1n) is 4.52. The highest BCUT2D eigenvalue weighted by atomic mass is 16.6. The topological polar surface area (TPSA) is 55.6 Å². The van der Waals surface area contributed by atoms with Crippen molar-refractivity contribution in [1.29, 1.82) is 0 Å². The first-order valence-corrected chi connectivity index (χ1v) is 4.52. The molecule has 1 fully saturated rings. The van der Waals surface area contributed by atoms with E-state index < -0.39 is 0 Å². The predicted molar refractivity (Wildman–Crippen MR) is 52.6 cm³/mol. The Morgan fingerprint density at radius 1 is 1.43 bits per heavy atom. The molecule has 0 aromatic heterocycles. The van der Waals surface area contributed by atoms with Gasteiger partial charge in [-0.3, -0.25) is 0 Å². The summed E-state index contributed by atoms with van der Waals surface area (Å²) in [6.45, 7) is 1.66. The molecular weight excluding hydrogens is 180 g/mol. The fourth-order valence-electron chi connectivity index (χ4n) is 1.45. The number of ether oxygens (including phenoxy) is 1. The maximum absolute atomic E-state index is 11.2. The third-order valence-corrected chi connectivity index (χ3v) is 2.26. The summed E-state index contributed by atoms with van der Waals surface area (Å²) in [6, 6.07) is 7.53. The van der Waals surface area contributed by atoms with E-state index in [9.17, 15) is 4.79 Å². The molecule has 0 radical (unpaired) electrons. The summed E-state index contributed by atoms with van der Waals surface area (Å²) in [5, 5.41) is 0. The SMILES string of the molecule is Nc1ccccc1CN1CCOC1=O. The van der Waals surface area contributed by atoms with Gasteiger partial charge in [0.1, 0.15) is 6.61 Å². The lowest BCUT2D eigenvalue weighted by Gasteiger charge is -2.13. The monoisotopic (exact) mass is 192 g/mol. The number of benzene rings is 1. The van der Waals surface area contributed by atoms with Crippen molar-refractivity contribution in [3.8, 4) is 0 Å². The van der Waals surface area contributed by atoms with Gasteiger partial charge in [-0.25, -0.2) is 4.79 Å². The summed E-state index contributed by atoms with van der Waals surface area (Å²) in [6.07, 6.45) is -0.256. The Kier molecular flexibility index (Phi) is 2.26. The Morgan fingerprint density at radius 2 is 2.21 bits per heavy atom. The smallest absolute Gasteiger partial charge is 0.410 e. The number of nitrogens with zero attached hydrogens (tertiary/aromatic N) is 1. The fourth-order valence-corrected chi connectivity index (χ4v) is 1.45. The normalized spacial score (nSPS) is 15.7. The number of carbonyl (C=O) groups is 1. The molecule has 1 aromatic rings. The first kappa shape index (κ1) is 8.87. The van der Waals surface area contributed by atoms with Gasteiger partial charge >= 0.3 is 6.09 Å². The summed E-state index contributed by atoms with van der Waals surface area (Å²) in [4.78, 5) is 12.8. The molecule has 0 saturated carbocycles. The van der Waals surface area contributed by atoms with Gasteiger partial charge in [0.25, 0.3) is 0 Å². The molecule has 0 atom stereocenters. The molecule has 1 amide bonds. The molecule has 1 aromatic carbocycles. The van der Waals surface area contributed by atoms with E-state index in [0.29, 0.717) is 25.4 Å². The van der Waals surface area contributed by atoms with E-state index in [1.165, 1.54) is 0 Å². The zero-order valence-electron chi connectivity index (χ0n) is 7.77. The van der Waals surface area contributed by atoms with Crippen LogP contribution in [0.25, 0.3) is 0 Å². The standard InChI is InChI=1S/C10H12N2O2/c11-9-4-2-1-3-8(9)7-12-5-6-14-10(12)13/h1-4H,5-7,11H2. The molecule has 14 heavy (non-hydrogen) atoms. The summed E-state index contributed by atoms with van der Waals surface area (Å²) in [5.41, 5.74) is 7.44. The van der Waals surface area contributed by atoms with Gasteiger partial charge in [-0.15, -0.1) is 0 Å². The van der Waals surface area contributed by atoms with E-state index in [-0.39, 0.29) is 6.09 Å². The highest BCUT2D eigenvalue weighted by Gasteiger charge is 2.22. The number of anilines is 1. The summed E-state index contributed by atoms with van der Waals surface area (Å²) in [7, 11) is 0. The lowest BCUT2D eigenvalue weighted by atomic mass is 10.2. The Morgan fingerprint density at radius 3 is 2.86 bits per heavy atom. The van der Waals surface area contributed by atoms with Gasteiger partial charge in [0, 0.05) is 5.69 Å². The Bertz CT molecular complexity index is 352. The fraction of sp³-hybridized carbons (Fsp3) is 0.300. The Hall–Kier alpha value is -1.71. The molecule has 0 aliphatic carbocycles. The number of amides is 1. The molecule has 1 aliphatic rings. The van der Waals surface area contributed by atoms with E-state index >= 15 is 0 Å². The van der Waals surface area contributed by atoms with Crippen LogP contribution in [0, 0.1) is 0 Å². The maximum Gasteiger partial charge on any atom is 0.410 e. The van der Waals surface area contributed by atoms with Crippen molar-refractivity contribution in [2.45, 2.75) is 6.54 Å². The minimum Gasteiger partial charge on any atom is -0.448 e. The summed E-state index contributed by atoms with van der Waals surface area (Å²) >= 11 is 0. The predicted octanol–water partition coefficient (Wildman–Crippen LogP) is 1.22. The molecule has 0 bridgehead atoms. The molecule has 2 N–H and O–H groups in total. The molecule has 1 heterocycles. The molecule has 1 aliphatic heterocycles. The van der Waals surface area contributed by atoms with Crippen LogP contribution in [0.1, 0.15) is 5.56 Å². The van der Waals surface area contributed by atoms with Gasteiger partial charge in [0.2, 0.25) is 0 Å². The molecular formula is C10H12N2O2. The number of para-hydroxylation sites is 1. The van der Waals surface area contributed by atoms with Crippen LogP contribution in [-0.4, -0.2) is 24.1 Å². The quantitative estimate of drug-likeness (QED) is 0.717. The van der Waals surface area contributed by atoms with Gasteiger partial charge in [0.15, 0.2) is 0 Å². The van der Waals surface area contributed by atoms with Crippen LogP contribution in [0.2, 0.25) is 0 Å². The number of carbonyl (C=O) groups excluding carboxylic acids is 1. The van der Waals surface area contributed by atoms with Crippen LogP contribution in [0.3, 0.4) is 0 Å². The van der Waals surface area contributed by atoms with Gasteiger partial charge in [-0.2, -0.15) is 0 Å². The second-order valence-electron chi connectivity index (χ2n) is 3.23. The average molecular weight is 192 g/mol. The van der Waals surface area contributed by atoms with E-state index in [1.54, 1.807) is 4.90 Å². The van der Waals surface area contributed by atoms with Crippen LogP contribution in [0.5, 0.6) is 0 Å². The van der Waals surface area contributed by atoms with Gasteiger partial charge in [-0.05, 0) is 11.6 Å². The lowest BCUT2D eigenvalue weighted by molar-refractivity contribution is 0.157. The van der Waals surface area contributed by atoms with Crippen molar-refractivity contribution in [2.75, 3.05) is 18.9 Å². The largest absolute Gasteiger partial charge is 0.448 e. The molecule has 4 nitrogen and oxygen atoms in total. The lowest BCUT2D eigenvalue weighted by Crippen LogP contribution is -2.23. The zero-order valence-corrected chi connectivity index (χ0v) is 7.77. The number of hydrogen-bond acceptors (Lipinski definition) is 3. The van der Waals surface area contributed by atoms with Crippen molar-refractivity contribution >= 4 is 11.8 Å². The van der Waals surface area contributed by atoms with Crippen molar-refractivity contribution in [3.05, 3.63) is 29.8 Å². The van der Waals surface area contributed by atoms with Crippen molar-refractivity contribution < 1.29 is 9.53 Å². The van der Waals surface area contributed by atoms with E-state index in [1.807, 2.05) is 24.3 Å². The third-order valence-electron chi connectivity index (χ3n) is 2.26. The van der Waals surface area contributed by atoms with Gasteiger partial charge in [0.05, 0.1) is 13.1 Å². The highest BCUT2D eigenvalue weighted by Crippen LogP contribution is 2.15. The summed E-state index contributed by atoms with van der Waals surface area (Å²) in [5.74, 6) is 0. The molecule has 74 valence electrons. The molecule has 1 saturated heterocycles. The minimum atomic E-state index is -0.256. The Balaban J connectivity index is 2.10. The third kappa shape index (κ3) is 1.64. The van der Waals surface area contributed by atoms with Crippen LogP contribution in [-0.2, 0) is 11.3 Å². The van der Waals surface area contributed by atoms with Crippen LogP contribution in [0.4, 0.5) is 10.5 Å². The molecule has 0 unspecified atom stereocenters. The number of rotatable bonds is 2. The average Bonchev–Trinajstić information content (AvgIpc) is 2.56.